The van der Waals surface area contributed by atoms with Crippen molar-refractivity contribution in [1.82, 2.24) is 10.2 Å². The normalized spacial score (nSPS) is 22.3. The van der Waals surface area contributed by atoms with Crippen LogP contribution in [0.5, 0.6) is 5.75 Å². The number of ether oxygens (including phenoxy) is 2. The fourth-order valence-corrected chi connectivity index (χ4v) is 3.74. The summed E-state index contributed by atoms with van der Waals surface area (Å²) in [4.78, 5) is 12.5. The Balaban J connectivity index is 1.44. The lowest BCUT2D eigenvalue weighted by Gasteiger charge is -2.26. The Bertz CT molecular complexity index is 763. The molecule has 1 aromatic carbocycles. The van der Waals surface area contributed by atoms with Gasteiger partial charge in [0.15, 0.2) is 5.82 Å². The van der Waals surface area contributed by atoms with E-state index in [9.17, 15) is 4.79 Å². The minimum Gasteiger partial charge on any atom is -0.492 e. The summed E-state index contributed by atoms with van der Waals surface area (Å²) in [5.74, 6) is 1.56. The van der Waals surface area contributed by atoms with E-state index in [4.69, 9.17) is 9.47 Å². The molecule has 6 nitrogen and oxygen atoms in total. The summed E-state index contributed by atoms with van der Waals surface area (Å²) in [5.41, 5.74) is 3.06. The van der Waals surface area contributed by atoms with Crippen LogP contribution in [0.4, 0.5) is 5.82 Å². The van der Waals surface area contributed by atoms with E-state index in [-0.39, 0.29) is 11.8 Å². The molecule has 0 atom stereocenters. The minimum absolute atomic E-state index is 0.0378. The maximum absolute atomic E-state index is 12.5. The molecule has 0 saturated heterocycles. The van der Waals surface area contributed by atoms with Gasteiger partial charge in [-0.1, -0.05) is 12.1 Å². The third-order valence-corrected chi connectivity index (χ3v) is 5.21. The number of nitrogens with one attached hydrogen (secondary N) is 2. The summed E-state index contributed by atoms with van der Waals surface area (Å²) < 4.78 is 11.1. The van der Waals surface area contributed by atoms with Crippen molar-refractivity contribution in [2.75, 3.05) is 19.0 Å². The molecule has 4 rings (SSSR count). The van der Waals surface area contributed by atoms with Gasteiger partial charge in [0.05, 0.1) is 18.4 Å². The SMILES string of the molecule is COC1CCC(C(=O)Nc2cc(-c3cccc4c3OCC4)[nH]n2)CC1. The molecule has 25 heavy (non-hydrogen) atoms. The Morgan fingerprint density at radius 2 is 2.16 bits per heavy atom. The number of aromatic amines is 1. The topological polar surface area (TPSA) is 76.2 Å². The predicted molar refractivity (Wildman–Crippen MR) is 94.6 cm³/mol. The number of benzene rings is 1. The van der Waals surface area contributed by atoms with Crippen molar-refractivity contribution < 1.29 is 14.3 Å². The molecule has 0 radical (unpaired) electrons. The van der Waals surface area contributed by atoms with Crippen molar-refractivity contribution in [2.45, 2.75) is 38.2 Å². The molecule has 2 heterocycles. The van der Waals surface area contributed by atoms with Crippen molar-refractivity contribution in [3.05, 3.63) is 29.8 Å². The number of hydrogen-bond acceptors (Lipinski definition) is 4. The maximum atomic E-state index is 12.5. The van der Waals surface area contributed by atoms with E-state index in [0.717, 1.165) is 49.1 Å². The number of carbonyl (C=O) groups is 1. The fourth-order valence-electron chi connectivity index (χ4n) is 3.74. The average Bonchev–Trinajstić information content (AvgIpc) is 3.30. The number of aromatic nitrogens is 2. The second-order valence-electron chi connectivity index (χ2n) is 6.76. The highest BCUT2D eigenvalue weighted by Gasteiger charge is 2.27. The number of hydrogen-bond donors (Lipinski definition) is 2. The smallest absolute Gasteiger partial charge is 0.228 e. The van der Waals surface area contributed by atoms with Gasteiger partial charge < -0.3 is 14.8 Å². The lowest BCUT2D eigenvalue weighted by molar-refractivity contribution is -0.121. The lowest BCUT2D eigenvalue weighted by Crippen LogP contribution is -2.29. The van der Waals surface area contributed by atoms with Crippen LogP contribution in [0.15, 0.2) is 24.3 Å². The third-order valence-electron chi connectivity index (χ3n) is 5.21. The standard InChI is InChI=1S/C19H23N3O3/c1-24-14-7-5-13(6-8-14)19(23)20-17-11-16(21-22-17)15-4-2-3-12-9-10-25-18(12)15/h2-4,11,13-14H,5-10H2,1H3,(H2,20,21,22,23). The van der Waals surface area contributed by atoms with Gasteiger partial charge in [-0.2, -0.15) is 5.10 Å². The van der Waals surface area contributed by atoms with Crippen LogP contribution in [0, 0.1) is 5.92 Å². The zero-order chi connectivity index (χ0) is 17.2. The zero-order valence-electron chi connectivity index (χ0n) is 14.4. The second-order valence-corrected chi connectivity index (χ2v) is 6.76. The molecule has 0 unspecified atom stereocenters. The number of methoxy groups -OCH3 is 1. The molecular formula is C19H23N3O3. The van der Waals surface area contributed by atoms with E-state index >= 15 is 0 Å². The Kier molecular flexibility index (Phi) is 4.44. The van der Waals surface area contributed by atoms with Gasteiger partial charge >= 0.3 is 0 Å². The first-order chi connectivity index (χ1) is 12.2. The summed E-state index contributed by atoms with van der Waals surface area (Å²) in [6.07, 6.45) is 4.83. The van der Waals surface area contributed by atoms with Crippen LogP contribution < -0.4 is 10.1 Å². The van der Waals surface area contributed by atoms with Crippen LogP contribution in [0.3, 0.4) is 0 Å². The molecule has 132 valence electrons. The fraction of sp³-hybridized carbons (Fsp3) is 0.474. The molecule has 1 fully saturated rings. The van der Waals surface area contributed by atoms with Gasteiger partial charge in [0.2, 0.25) is 5.91 Å². The molecule has 1 amide bonds. The largest absolute Gasteiger partial charge is 0.492 e. The van der Waals surface area contributed by atoms with Crippen molar-refractivity contribution in [1.29, 1.82) is 0 Å². The Hall–Kier alpha value is -2.34. The highest BCUT2D eigenvalue weighted by atomic mass is 16.5. The molecule has 1 aliphatic heterocycles. The van der Waals surface area contributed by atoms with Crippen LogP contribution in [0.25, 0.3) is 11.3 Å². The number of nitrogens with zero attached hydrogens (tertiary/aromatic N) is 1. The average molecular weight is 341 g/mol. The second kappa shape index (κ2) is 6.88. The number of rotatable bonds is 4. The van der Waals surface area contributed by atoms with E-state index in [1.807, 2.05) is 18.2 Å². The maximum Gasteiger partial charge on any atom is 0.228 e. The molecule has 2 aromatic rings. The van der Waals surface area contributed by atoms with Crippen LogP contribution in [0.2, 0.25) is 0 Å². The molecule has 1 aromatic heterocycles. The number of fused-ring (bicyclic) bond motifs is 1. The molecule has 2 aliphatic rings. The molecular weight excluding hydrogens is 318 g/mol. The van der Waals surface area contributed by atoms with Crippen molar-refractivity contribution in [3.8, 4) is 17.0 Å². The number of anilines is 1. The van der Waals surface area contributed by atoms with Gasteiger partial charge in [-0.25, -0.2) is 0 Å². The summed E-state index contributed by atoms with van der Waals surface area (Å²) >= 11 is 0. The Labute approximate surface area is 146 Å². The van der Waals surface area contributed by atoms with Crippen molar-refractivity contribution in [3.63, 3.8) is 0 Å². The van der Waals surface area contributed by atoms with E-state index < -0.39 is 0 Å². The molecule has 0 spiro atoms. The monoisotopic (exact) mass is 341 g/mol. The highest BCUT2D eigenvalue weighted by molar-refractivity contribution is 5.92. The minimum atomic E-state index is 0.0378. The first-order valence-electron chi connectivity index (χ1n) is 8.88. The van der Waals surface area contributed by atoms with Gasteiger partial charge in [0.1, 0.15) is 5.75 Å². The summed E-state index contributed by atoms with van der Waals surface area (Å²) in [6.45, 7) is 0.716. The highest BCUT2D eigenvalue weighted by Crippen LogP contribution is 2.36. The van der Waals surface area contributed by atoms with E-state index in [1.165, 1.54) is 5.56 Å². The first kappa shape index (κ1) is 16.1. The zero-order valence-corrected chi connectivity index (χ0v) is 14.4. The van der Waals surface area contributed by atoms with Crippen LogP contribution in [-0.4, -0.2) is 35.9 Å². The lowest BCUT2D eigenvalue weighted by atomic mass is 9.87. The molecule has 6 heteroatoms. The van der Waals surface area contributed by atoms with Gasteiger partial charge in [0, 0.05) is 31.1 Å². The Morgan fingerprint density at radius 1 is 1.32 bits per heavy atom. The van der Waals surface area contributed by atoms with E-state index in [2.05, 4.69) is 21.6 Å². The molecule has 0 bridgehead atoms. The van der Waals surface area contributed by atoms with Crippen LogP contribution in [-0.2, 0) is 16.0 Å². The molecule has 1 aliphatic carbocycles. The quantitative estimate of drug-likeness (QED) is 0.896. The van der Waals surface area contributed by atoms with Gasteiger partial charge in [-0.05, 0) is 37.3 Å². The Morgan fingerprint density at radius 3 is 2.96 bits per heavy atom. The summed E-state index contributed by atoms with van der Waals surface area (Å²) in [5, 5.41) is 10.2. The van der Waals surface area contributed by atoms with Gasteiger partial charge in [-0.3, -0.25) is 9.89 Å². The molecule has 1 saturated carbocycles. The number of carbonyl (C=O) groups excluding carboxylic acids is 1. The van der Waals surface area contributed by atoms with Gasteiger partial charge in [0.25, 0.3) is 0 Å². The van der Waals surface area contributed by atoms with Crippen LogP contribution in [0.1, 0.15) is 31.2 Å². The summed E-state index contributed by atoms with van der Waals surface area (Å²) in [7, 11) is 1.74. The number of H-pyrrole nitrogens is 1. The first-order valence-corrected chi connectivity index (χ1v) is 8.88. The number of amides is 1. The number of para-hydroxylation sites is 1. The summed E-state index contributed by atoms with van der Waals surface area (Å²) in [6, 6.07) is 7.99. The van der Waals surface area contributed by atoms with Crippen molar-refractivity contribution >= 4 is 11.7 Å². The van der Waals surface area contributed by atoms with E-state index in [0.29, 0.717) is 18.5 Å². The van der Waals surface area contributed by atoms with Crippen LogP contribution >= 0.6 is 0 Å². The third kappa shape index (κ3) is 3.26. The molecule has 2 N–H and O–H groups in total. The predicted octanol–water partition coefficient (Wildman–Crippen LogP) is 3.16. The van der Waals surface area contributed by atoms with E-state index in [1.54, 1.807) is 7.11 Å². The van der Waals surface area contributed by atoms with Crippen molar-refractivity contribution in [2.24, 2.45) is 5.92 Å². The van der Waals surface area contributed by atoms with Gasteiger partial charge in [-0.15, -0.1) is 0 Å².